The van der Waals surface area contributed by atoms with Gasteiger partial charge in [-0.2, -0.15) is 13.2 Å². The van der Waals surface area contributed by atoms with Gasteiger partial charge in [-0.25, -0.2) is 4.98 Å². The van der Waals surface area contributed by atoms with Gasteiger partial charge >= 0.3 is 6.18 Å². The van der Waals surface area contributed by atoms with Crippen LogP contribution in [0, 0.1) is 0 Å². The van der Waals surface area contributed by atoms with Gasteiger partial charge in [0.2, 0.25) is 0 Å². The molecule has 134 valence electrons. The number of rotatable bonds is 2. The summed E-state index contributed by atoms with van der Waals surface area (Å²) >= 11 is 0. The van der Waals surface area contributed by atoms with Crippen molar-refractivity contribution in [2.75, 3.05) is 23.3 Å². The third-order valence-corrected chi connectivity index (χ3v) is 4.43. The second-order valence-electron chi connectivity index (χ2n) is 6.18. The van der Waals surface area contributed by atoms with Crippen LogP contribution in [0.3, 0.4) is 0 Å². The van der Waals surface area contributed by atoms with Gasteiger partial charge in [-0.3, -0.25) is 0 Å². The summed E-state index contributed by atoms with van der Waals surface area (Å²) < 4.78 is 38.8. The monoisotopic (exact) mass is 351 g/mol. The highest BCUT2D eigenvalue weighted by Crippen LogP contribution is 2.34. The predicted octanol–water partition coefficient (Wildman–Crippen LogP) is 3.77. The molecule has 1 aromatic carbocycles. The van der Waals surface area contributed by atoms with E-state index in [1.165, 1.54) is 6.07 Å². The van der Waals surface area contributed by atoms with E-state index in [-0.39, 0.29) is 6.04 Å². The minimum absolute atomic E-state index is 0.209. The summed E-state index contributed by atoms with van der Waals surface area (Å²) in [5.41, 5.74) is 0.993. The van der Waals surface area contributed by atoms with Crippen LogP contribution in [0.15, 0.2) is 36.4 Å². The number of hydrogen-bond acceptors (Lipinski definition) is 4. The molecule has 0 bridgehead atoms. The molecule has 0 spiro atoms. The minimum atomic E-state index is -4.39. The Morgan fingerprint density at radius 3 is 2.72 bits per heavy atom. The van der Waals surface area contributed by atoms with Crippen LogP contribution in [0.1, 0.15) is 19.4 Å². The van der Waals surface area contributed by atoms with Gasteiger partial charge in [-0.15, -0.1) is 0 Å². The number of hydrogen-bond donors (Lipinski definition) is 2. The van der Waals surface area contributed by atoms with E-state index in [0.29, 0.717) is 30.2 Å². The average Bonchev–Trinajstić information content (AvgIpc) is 2.70. The highest BCUT2D eigenvalue weighted by Gasteiger charge is 2.31. The number of benzene rings is 1. The summed E-state index contributed by atoms with van der Waals surface area (Å²) in [4.78, 5) is 6.52. The lowest BCUT2D eigenvalue weighted by Crippen LogP contribution is -2.38. The maximum absolute atomic E-state index is 12.9. The summed E-state index contributed by atoms with van der Waals surface area (Å²) in [6.45, 7) is 5.00. The van der Waals surface area contributed by atoms with Crippen LogP contribution in [0.5, 0.6) is 0 Å². The van der Waals surface area contributed by atoms with Gasteiger partial charge < -0.3 is 15.3 Å². The molecule has 1 aliphatic heterocycles. The summed E-state index contributed by atoms with van der Waals surface area (Å²) in [5, 5.41) is 13.4. The van der Waals surface area contributed by atoms with Gasteiger partial charge in [0.05, 0.1) is 29.1 Å². The lowest BCUT2D eigenvalue weighted by Gasteiger charge is -2.24. The van der Waals surface area contributed by atoms with Crippen molar-refractivity contribution in [1.82, 2.24) is 4.98 Å². The van der Waals surface area contributed by atoms with E-state index in [1.807, 2.05) is 24.8 Å². The first-order valence-electron chi connectivity index (χ1n) is 8.18. The summed E-state index contributed by atoms with van der Waals surface area (Å²) in [6.07, 6.45) is -4.96. The number of aliphatic hydroxyl groups excluding tert-OH is 1. The third kappa shape index (κ3) is 3.56. The molecule has 1 aromatic heterocycles. The summed E-state index contributed by atoms with van der Waals surface area (Å²) in [7, 11) is 0. The van der Waals surface area contributed by atoms with Crippen molar-refractivity contribution in [2.45, 2.75) is 32.2 Å². The van der Waals surface area contributed by atoms with Crippen LogP contribution in [-0.4, -0.2) is 35.3 Å². The van der Waals surface area contributed by atoms with Crippen molar-refractivity contribution < 1.29 is 18.3 Å². The van der Waals surface area contributed by atoms with Crippen molar-refractivity contribution in [3.05, 3.63) is 42.0 Å². The number of aromatic nitrogens is 1. The largest absolute Gasteiger partial charge is 0.416 e. The molecule has 0 fully saturated rings. The number of halogens is 3. The summed E-state index contributed by atoms with van der Waals surface area (Å²) in [5.74, 6) is 0.570. The molecular formula is C18H20F3N3O. The molecule has 2 heterocycles. The van der Waals surface area contributed by atoms with Gasteiger partial charge in [-0.1, -0.05) is 12.1 Å². The Hall–Kier alpha value is -2.28. The fourth-order valence-electron chi connectivity index (χ4n) is 2.92. The zero-order chi connectivity index (χ0) is 18.2. The second kappa shape index (κ2) is 6.55. The Morgan fingerprint density at radius 2 is 2.04 bits per heavy atom. The molecule has 0 aliphatic carbocycles. The molecule has 0 saturated heterocycles. The standard InChI is InChI=1S/C18H20F3N3O/c1-3-24-10-16(25)11(2)22-17-15(24)8-7-14(23-17)12-5-4-6-13(9-12)18(19,20)21/h4-9,11,16,25H,3,10H2,1-2H3,(H,22,23)/t11-,16-/m1/s1. The SMILES string of the molecule is CCN1C[C@@H](O)[C@@H](C)Nc2nc(-c3cccc(C(F)(F)F)c3)ccc21. The van der Waals surface area contributed by atoms with E-state index in [2.05, 4.69) is 10.3 Å². The van der Waals surface area contributed by atoms with Crippen LogP contribution in [0.4, 0.5) is 24.7 Å². The van der Waals surface area contributed by atoms with E-state index >= 15 is 0 Å². The first kappa shape index (κ1) is 17.5. The fraction of sp³-hybridized carbons (Fsp3) is 0.389. The van der Waals surface area contributed by atoms with E-state index in [0.717, 1.165) is 17.8 Å². The highest BCUT2D eigenvalue weighted by atomic mass is 19.4. The Kier molecular flexibility index (Phi) is 4.60. The fourth-order valence-corrected chi connectivity index (χ4v) is 2.92. The van der Waals surface area contributed by atoms with E-state index in [4.69, 9.17) is 0 Å². The van der Waals surface area contributed by atoms with Gasteiger partial charge in [0.1, 0.15) is 0 Å². The zero-order valence-electron chi connectivity index (χ0n) is 14.0. The molecule has 4 nitrogen and oxygen atoms in total. The first-order valence-corrected chi connectivity index (χ1v) is 8.18. The zero-order valence-corrected chi connectivity index (χ0v) is 14.0. The number of anilines is 2. The molecule has 0 amide bonds. The van der Waals surface area contributed by atoms with E-state index in [1.54, 1.807) is 12.1 Å². The molecule has 2 aromatic rings. The predicted molar refractivity (Wildman–Crippen MR) is 91.7 cm³/mol. The molecule has 2 atom stereocenters. The molecule has 0 radical (unpaired) electrons. The average molecular weight is 351 g/mol. The lowest BCUT2D eigenvalue weighted by atomic mass is 10.1. The van der Waals surface area contributed by atoms with Gasteiger partial charge in [0.15, 0.2) is 5.82 Å². The number of nitrogens with zero attached hydrogens (tertiary/aromatic N) is 2. The topological polar surface area (TPSA) is 48.4 Å². The van der Waals surface area contributed by atoms with Crippen LogP contribution >= 0.6 is 0 Å². The Labute approximate surface area is 144 Å². The van der Waals surface area contributed by atoms with Crippen LogP contribution < -0.4 is 10.2 Å². The van der Waals surface area contributed by atoms with Crippen LogP contribution in [0.25, 0.3) is 11.3 Å². The summed E-state index contributed by atoms with van der Waals surface area (Å²) in [6, 6.07) is 8.46. The Balaban J connectivity index is 2.03. The Morgan fingerprint density at radius 1 is 1.28 bits per heavy atom. The maximum Gasteiger partial charge on any atom is 0.416 e. The van der Waals surface area contributed by atoms with Gasteiger partial charge in [0.25, 0.3) is 0 Å². The molecular weight excluding hydrogens is 331 g/mol. The molecule has 0 saturated carbocycles. The van der Waals surface area contributed by atoms with Crippen molar-refractivity contribution in [3.63, 3.8) is 0 Å². The van der Waals surface area contributed by atoms with Crippen molar-refractivity contribution in [1.29, 1.82) is 0 Å². The van der Waals surface area contributed by atoms with Gasteiger partial charge in [0, 0.05) is 18.7 Å². The molecule has 25 heavy (non-hydrogen) atoms. The number of fused-ring (bicyclic) bond motifs is 1. The normalized spacial score (nSPS) is 20.6. The minimum Gasteiger partial charge on any atom is -0.389 e. The quantitative estimate of drug-likeness (QED) is 0.865. The van der Waals surface area contributed by atoms with E-state index in [9.17, 15) is 18.3 Å². The van der Waals surface area contributed by atoms with Crippen molar-refractivity contribution >= 4 is 11.5 Å². The van der Waals surface area contributed by atoms with Crippen molar-refractivity contribution in [2.24, 2.45) is 0 Å². The first-order chi connectivity index (χ1) is 11.8. The number of aliphatic hydroxyl groups is 1. The number of alkyl halides is 3. The lowest BCUT2D eigenvalue weighted by molar-refractivity contribution is -0.137. The molecule has 3 rings (SSSR count). The Bertz CT molecular complexity index is 763. The molecule has 2 N–H and O–H groups in total. The maximum atomic E-state index is 12.9. The number of pyridine rings is 1. The molecule has 1 aliphatic rings. The van der Waals surface area contributed by atoms with Crippen molar-refractivity contribution in [3.8, 4) is 11.3 Å². The van der Waals surface area contributed by atoms with Gasteiger partial charge in [-0.05, 0) is 38.1 Å². The number of nitrogens with one attached hydrogen (secondary N) is 1. The molecule has 0 unspecified atom stereocenters. The number of likely N-dealkylation sites (N-methyl/N-ethyl adjacent to an activating group) is 1. The third-order valence-electron chi connectivity index (χ3n) is 4.43. The smallest absolute Gasteiger partial charge is 0.389 e. The van der Waals surface area contributed by atoms with Crippen LogP contribution in [-0.2, 0) is 6.18 Å². The van der Waals surface area contributed by atoms with E-state index < -0.39 is 17.8 Å². The van der Waals surface area contributed by atoms with Crippen LogP contribution in [0.2, 0.25) is 0 Å². The molecule has 7 heteroatoms. The highest BCUT2D eigenvalue weighted by molar-refractivity contribution is 5.73. The number of β-amino-alcohol motifs (C(OH)–C–C–N with tert-alkyl or cyclic N) is 1. The second-order valence-corrected chi connectivity index (χ2v) is 6.18.